The fourth-order valence-corrected chi connectivity index (χ4v) is 20.0. The Morgan fingerprint density at radius 1 is 1.11 bits per heavy atom. The van der Waals surface area contributed by atoms with Crippen molar-refractivity contribution in [2.75, 3.05) is 26.8 Å². The van der Waals surface area contributed by atoms with Crippen LogP contribution in [0.1, 0.15) is 89.6 Å². The number of hydrogen-bond donors (Lipinski definition) is 2. The van der Waals surface area contributed by atoms with E-state index in [0.29, 0.717) is 32.4 Å². The van der Waals surface area contributed by atoms with E-state index in [0.717, 1.165) is 56.7 Å². The van der Waals surface area contributed by atoms with E-state index in [1.807, 2.05) is 43.7 Å². The van der Waals surface area contributed by atoms with Crippen molar-refractivity contribution in [3.8, 4) is 22.4 Å². The second-order valence-electron chi connectivity index (χ2n) is 19.6. The van der Waals surface area contributed by atoms with E-state index in [2.05, 4.69) is 79.1 Å². The number of likely N-dealkylation sites (tertiary alicyclic amines) is 1. The van der Waals surface area contributed by atoms with E-state index in [9.17, 15) is 24.0 Å². The SMILES string of the molecule is C=CC(=O)N1C[C@@H]([C](=O)[In]([CH3])[C@H](C(=O)N[C@H]2Cc3cccc(c3)-c3ccc4c(c3)c3c(n4CC)-c4cccnc4[C@@H](OC)C3C(C)(C)COC(=O)[C@@H]3CCCN(N3)C2=O)C(C)C)C[C@H]1C. The van der Waals surface area contributed by atoms with Crippen molar-refractivity contribution in [3.05, 3.63) is 90.3 Å². The fourth-order valence-electron chi connectivity index (χ4n) is 11.3. The third-order valence-electron chi connectivity index (χ3n) is 14.6. The molecule has 65 heavy (non-hydrogen) atoms. The zero-order valence-electron chi connectivity index (χ0n) is 39.1. The van der Waals surface area contributed by atoms with E-state index in [-0.39, 0.29) is 58.1 Å². The van der Waals surface area contributed by atoms with E-state index in [1.165, 1.54) is 11.1 Å². The van der Waals surface area contributed by atoms with Crippen LogP contribution in [-0.2, 0) is 46.4 Å². The number of nitrogens with one attached hydrogen (secondary N) is 2. The van der Waals surface area contributed by atoms with Crippen molar-refractivity contribution in [1.29, 1.82) is 0 Å². The van der Waals surface area contributed by atoms with Crippen molar-refractivity contribution >= 4 is 59.6 Å². The number of carbonyl (C=O) groups excluding carboxylic acids is 5. The minimum absolute atomic E-state index is 0.0883. The summed E-state index contributed by atoms with van der Waals surface area (Å²) in [5.74, 6) is -2.02. The molecule has 14 heteroatoms. The Morgan fingerprint density at radius 3 is 2.60 bits per heavy atom. The first kappa shape index (κ1) is 46.7. The zero-order valence-corrected chi connectivity index (χ0v) is 42.4. The molecular formula is C51H63InN6O7. The molecule has 2 aromatic carbocycles. The van der Waals surface area contributed by atoms with Crippen LogP contribution >= 0.6 is 0 Å². The topological polar surface area (TPSA) is 152 Å². The summed E-state index contributed by atoms with van der Waals surface area (Å²) >= 11 is -3.37. The van der Waals surface area contributed by atoms with E-state index < -0.39 is 54.7 Å². The van der Waals surface area contributed by atoms with Gasteiger partial charge >= 0.3 is 296 Å². The first-order valence-electron chi connectivity index (χ1n) is 23.3. The van der Waals surface area contributed by atoms with Gasteiger partial charge in [-0.15, -0.1) is 0 Å². The van der Waals surface area contributed by atoms with Crippen LogP contribution < -0.4 is 10.7 Å². The van der Waals surface area contributed by atoms with Gasteiger partial charge in [-0.1, -0.05) is 13.8 Å². The predicted octanol–water partition coefficient (Wildman–Crippen LogP) is 6.96. The molecule has 0 radical (unpaired) electrons. The first-order valence-corrected chi connectivity index (χ1v) is 30.2. The average Bonchev–Trinajstić information content (AvgIpc) is 3.86. The van der Waals surface area contributed by atoms with Crippen LogP contribution in [0.15, 0.2) is 73.4 Å². The number of pyridine rings is 1. The Hall–Kier alpha value is -4.79. The second-order valence-corrected chi connectivity index (χ2v) is 27.8. The molecule has 1 unspecified atom stereocenters. The number of hydrogen-bond acceptors (Lipinski definition) is 9. The molecule has 3 aliphatic heterocycles. The second kappa shape index (κ2) is 18.8. The molecule has 2 N–H and O–H groups in total. The summed E-state index contributed by atoms with van der Waals surface area (Å²) in [5, 5.41) is 5.71. The molecule has 13 nitrogen and oxygen atoms in total. The Morgan fingerprint density at radius 2 is 1.88 bits per heavy atom. The van der Waals surface area contributed by atoms with Gasteiger partial charge in [-0.3, -0.25) is 4.98 Å². The summed E-state index contributed by atoms with van der Waals surface area (Å²) < 4.78 is 16.6. The van der Waals surface area contributed by atoms with Gasteiger partial charge in [0.15, 0.2) is 0 Å². The number of benzene rings is 2. The molecule has 0 spiro atoms. The number of methoxy groups -OCH3 is 1. The number of ether oxygens (including phenoxy) is 2. The third kappa shape index (κ3) is 8.70. The fraction of sp³-hybridized carbons (Fsp3) is 0.490. The van der Waals surface area contributed by atoms with Gasteiger partial charge in [0, 0.05) is 31.3 Å². The Labute approximate surface area is 390 Å². The van der Waals surface area contributed by atoms with E-state index in [1.54, 1.807) is 18.2 Å². The normalized spacial score (nSPS) is 24.5. The number of aryl methyl sites for hydroxylation is 1. The summed E-state index contributed by atoms with van der Waals surface area (Å²) in [6.45, 7) is 17.4. The minimum atomic E-state index is -3.37. The number of rotatable bonds is 9. The van der Waals surface area contributed by atoms with Crippen LogP contribution in [0.25, 0.3) is 33.3 Å². The van der Waals surface area contributed by atoms with Gasteiger partial charge in [0.1, 0.15) is 6.10 Å². The summed E-state index contributed by atoms with van der Waals surface area (Å²) in [6.07, 6.45) is 4.44. The number of cyclic esters (lactones) is 1. The molecular weight excluding hydrogens is 923 g/mol. The number of fused-ring (bicyclic) bond motifs is 8. The standard InChI is InChI=1S/C41H48N5O5.C9H12NO2.CH3.In/c1-7-45-32-16-15-27-22-29(32)34-35(38(50-6)36-28(37(34)45)13-9-17-42-36)41(4,5)23-51-40(49)30-14-10-18-46(44-30)39(48)31(43-33(47)19-24(2)3)21-25-11-8-12-26(27)20-25;1-3-9(12)10-5-8(6-11)4-7(10)2;;/h8-9,11-13,15-17,19-20,22,24,30-31,35,38,44H,7,10,14,18,21,23H2,1-6H3,(H,43,47);3,7-8H,1,4-5H2,2H3;1H3;/t30-,31-,35?,38-;7-,8+;;/m01../s1. The molecule has 5 heterocycles. The van der Waals surface area contributed by atoms with Crippen LogP contribution in [0.3, 0.4) is 0 Å². The summed E-state index contributed by atoms with van der Waals surface area (Å²) in [7, 11) is 1.72. The van der Waals surface area contributed by atoms with Gasteiger partial charge in [0.05, 0.1) is 11.4 Å². The Balaban J connectivity index is 1.19. The molecule has 7 atom stereocenters. The van der Waals surface area contributed by atoms with E-state index >= 15 is 0 Å². The zero-order chi connectivity index (χ0) is 46.5. The summed E-state index contributed by atoms with van der Waals surface area (Å²) in [6, 6.07) is 16.9. The van der Waals surface area contributed by atoms with Gasteiger partial charge in [-0.25, -0.2) is 0 Å². The molecule has 4 aliphatic rings. The van der Waals surface area contributed by atoms with Crippen LogP contribution in [0.2, 0.25) is 8.35 Å². The summed E-state index contributed by atoms with van der Waals surface area (Å²) in [5.41, 5.74) is 10.6. The maximum absolute atomic E-state index is 14.8. The van der Waals surface area contributed by atoms with Crippen LogP contribution in [-0.4, -0.2) is 113 Å². The van der Waals surface area contributed by atoms with Crippen LogP contribution in [0.4, 0.5) is 0 Å². The first-order chi connectivity index (χ1) is 31.1. The van der Waals surface area contributed by atoms with Crippen molar-refractivity contribution in [2.24, 2.45) is 17.3 Å². The maximum atomic E-state index is 14.8. The molecule has 2 fully saturated rings. The van der Waals surface area contributed by atoms with Gasteiger partial charge in [-0.05, 0) is 19.1 Å². The summed E-state index contributed by atoms with van der Waals surface area (Å²) in [4.78, 5) is 76.9. The number of esters is 1. The Bertz CT molecular complexity index is 2530. The van der Waals surface area contributed by atoms with Crippen LogP contribution in [0, 0.1) is 17.3 Å². The monoisotopic (exact) mass is 986 g/mol. The molecule has 3 amide bonds. The van der Waals surface area contributed by atoms with Crippen LogP contribution in [0.5, 0.6) is 0 Å². The molecule has 4 aromatic rings. The van der Waals surface area contributed by atoms with Crippen molar-refractivity contribution in [2.45, 2.75) is 112 Å². The number of nitrogens with zero attached hydrogens (tertiary/aromatic N) is 4. The van der Waals surface area contributed by atoms with Crippen molar-refractivity contribution in [1.82, 2.24) is 30.2 Å². The third-order valence-corrected chi connectivity index (χ3v) is 24.6. The molecule has 342 valence electrons. The number of aromatic nitrogens is 2. The van der Waals surface area contributed by atoms with Gasteiger partial charge < -0.3 is 9.30 Å². The average molecular weight is 987 g/mol. The molecule has 6 bridgehead atoms. The van der Waals surface area contributed by atoms with E-state index in [4.69, 9.17) is 14.5 Å². The van der Waals surface area contributed by atoms with Gasteiger partial charge in [0.25, 0.3) is 0 Å². The van der Waals surface area contributed by atoms with Crippen molar-refractivity contribution in [3.63, 3.8) is 0 Å². The van der Waals surface area contributed by atoms with Crippen molar-refractivity contribution < 1.29 is 33.4 Å². The number of carbonyl (C=O) groups is 5. The van der Waals surface area contributed by atoms with Gasteiger partial charge in [-0.2, -0.15) is 0 Å². The van der Waals surface area contributed by atoms with Gasteiger partial charge in [0.2, 0.25) is 0 Å². The number of hydrazine groups is 1. The quantitative estimate of drug-likeness (QED) is 0.134. The molecule has 2 saturated heterocycles. The molecule has 2 aromatic heterocycles. The Kier molecular flexibility index (Phi) is 13.5. The molecule has 8 rings (SSSR count). The number of amides is 3. The molecule has 0 saturated carbocycles. The predicted molar refractivity (Wildman–Crippen MR) is 252 cm³/mol. The molecule has 1 aliphatic carbocycles.